The van der Waals surface area contributed by atoms with Gasteiger partial charge in [0.05, 0.1) is 10.4 Å². The van der Waals surface area contributed by atoms with Gasteiger partial charge in [-0.25, -0.2) is 4.99 Å². The largest absolute Gasteiger partial charge is 0.379 e. The van der Waals surface area contributed by atoms with Gasteiger partial charge in [0.1, 0.15) is 5.00 Å². The molecule has 0 spiro atoms. The van der Waals surface area contributed by atoms with Gasteiger partial charge in [0.25, 0.3) is 0 Å². The van der Waals surface area contributed by atoms with Crippen LogP contribution in [0.25, 0.3) is 10.4 Å². The van der Waals surface area contributed by atoms with E-state index in [4.69, 9.17) is 5.73 Å². The van der Waals surface area contributed by atoms with Crippen LogP contribution < -0.4 is 5.73 Å². The van der Waals surface area contributed by atoms with E-state index in [1.807, 2.05) is 30.3 Å². The van der Waals surface area contributed by atoms with Crippen molar-refractivity contribution >= 4 is 66.6 Å². The molecular weight excluding hydrogens is 439 g/mol. The summed E-state index contributed by atoms with van der Waals surface area (Å²) < 4.78 is 3.09. The molecule has 0 bridgehead atoms. The molecule has 6 heteroatoms. The first-order valence-electron chi connectivity index (χ1n) is 5.39. The quantitative estimate of drug-likeness (QED) is 0.529. The summed E-state index contributed by atoms with van der Waals surface area (Å²) in [4.78, 5) is 17.5. The number of aliphatic imine (C=N–C) groups is 1. The van der Waals surface area contributed by atoms with Gasteiger partial charge < -0.3 is 5.73 Å². The van der Waals surface area contributed by atoms with E-state index in [1.165, 1.54) is 11.3 Å². The first kappa shape index (κ1) is 13.1. The van der Waals surface area contributed by atoms with Crippen molar-refractivity contribution in [3.05, 3.63) is 40.4 Å². The average Bonchev–Trinajstić information content (AvgIpc) is 2.66. The zero-order valence-corrected chi connectivity index (χ0v) is 14.1. The number of carbonyl (C=O) groups excluding carboxylic acids is 1. The molecule has 0 fully saturated rings. The predicted octanol–water partition coefficient (Wildman–Crippen LogP) is 4.09. The van der Waals surface area contributed by atoms with E-state index in [-0.39, 0.29) is 5.78 Å². The SMILES string of the molecule is NC1=Nc2sc(-c3ccccc3)c(Br)c2C(=O)C=I1. The van der Waals surface area contributed by atoms with Gasteiger partial charge in [-0.1, -0.05) is 30.3 Å². The highest BCUT2D eigenvalue weighted by atomic mass is 127. The summed E-state index contributed by atoms with van der Waals surface area (Å²) in [5.41, 5.74) is 7.53. The van der Waals surface area contributed by atoms with Gasteiger partial charge in [0.2, 0.25) is 0 Å². The number of hydrogen-bond acceptors (Lipinski definition) is 4. The van der Waals surface area contributed by atoms with Crippen LogP contribution in [0.5, 0.6) is 0 Å². The molecule has 0 unspecified atom stereocenters. The summed E-state index contributed by atoms with van der Waals surface area (Å²) in [5.74, 6) is 0.0253. The number of fused-ring (bicyclic) bond motifs is 1. The molecule has 0 amide bonds. The Balaban J connectivity index is 2.23. The Labute approximate surface area is 132 Å². The zero-order valence-electron chi connectivity index (χ0n) is 9.56. The number of thiophene rings is 1. The Kier molecular flexibility index (Phi) is 3.64. The minimum Gasteiger partial charge on any atom is -0.379 e. The molecule has 1 aliphatic rings. The lowest BCUT2D eigenvalue weighted by Crippen LogP contribution is -2.01. The van der Waals surface area contributed by atoms with Crippen LogP contribution in [0.3, 0.4) is 0 Å². The normalized spacial score (nSPS) is 14.4. The topological polar surface area (TPSA) is 55.4 Å². The van der Waals surface area contributed by atoms with Crippen molar-refractivity contribution in [2.75, 3.05) is 0 Å². The van der Waals surface area contributed by atoms with E-state index >= 15 is 0 Å². The monoisotopic (exact) mass is 446 g/mol. The molecule has 0 aliphatic carbocycles. The van der Waals surface area contributed by atoms with Crippen molar-refractivity contribution in [3.63, 3.8) is 0 Å². The summed E-state index contributed by atoms with van der Waals surface area (Å²) in [5, 5.41) is 0.710. The molecule has 3 rings (SSSR count). The maximum absolute atomic E-state index is 12.1. The summed E-state index contributed by atoms with van der Waals surface area (Å²) in [6.07, 6.45) is 0. The van der Waals surface area contributed by atoms with Gasteiger partial charge in [-0.3, -0.25) is 4.79 Å². The predicted molar refractivity (Wildman–Crippen MR) is 93.2 cm³/mol. The van der Waals surface area contributed by atoms with Crippen molar-refractivity contribution in [3.8, 4) is 10.4 Å². The molecule has 2 aromatic rings. The second-order valence-corrected chi connectivity index (χ2v) is 7.95. The number of carbonyl (C=O) groups is 1. The summed E-state index contributed by atoms with van der Waals surface area (Å²) >= 11 is 4.46. The Morgan fingerprint density at radius 2 is 2.00 bits per heavy atom. The van der Waals surface area contributed by atoms with Crippen LogP contribution in [0.4, 0.5) is 5.00 Å². The van der Waals surface area contributed by atoms with Gasteiger partial charge in [-0.05, 0) is 42.2 Å². The molecule has 0 radical (unpaired) electrons. The van der Waals surface area contributed by atoms with Crippen molar-refractivity contribution in [2.24, 2.45) is 10.7 Å². The summed E-state index contributed by atoms with van der Waals surface area (Å²) in [7, 11) is 0. The van der Waals surface area contributed by atoms with Crippen LogP contribution in [0.15, 0.2) is 39.8 Å². The van der Waals surface area contributed by atoms with Crippen LogP contribution in [0.1, 0.15) is 10.4 Å². The average molecular weight is 447 g/mol. The van der Waals surface area contributed by atoms with E-state index < -0.39 is 20.7 Å². The first-order valence-corrected chi connectivity index (χ1v) is 9.33. The standard InChI is InChI=1S/C13H8BrIN2OS/c14-10-9-8(18)6-15-13(16)17-12(9)19-11(10)7-4-2-1-3-5-7/h1-6H,(H2,16,17). The van der Waals surface area contributed by atoms with Crippen molar-refractivity contribution in [1.29, 1.82) is 0 Å². The second kappa shape index (κ2) is 5.26. The number of nitrogens with two attached hydrogens (primary N) is 1. The van der Waals surface area contributed by atoms with Gasteiger partial charge in [0, 0.05) is 8.48 Å². The Hall–Kier alpha value is -0.860. The smallest absolute Gasteiger partial charge is 0.195 e. The molecular formula is C13H8BrIN2OS. The fourth-order valence-corrected chi connectivity index (χ4v) is 5.28. The summed E-state index contributed by atoms with van der Waals surface area (Å²) in [6.45, 7) is 0. The van der Waals surface area contributed by atoms with E-state index in [0.29, 0.717) is 14.4 Å². The number of hydrogen-bond donors (Lipinski definition) is 1. The maximum atomic E-state index is 12.1. The highest BCUT2D eigenvalue weighted by Gasteiger charge is 2.23. The molecule has 0 saturated carbocycles. The minimum absolute atomic E-state index is 0.0253. The third-order valence-electron chi connectivity index (χ3n) is 2.59. The Morgan fingerprint density at radius 3 is 2.74 bits per heavy atom. The lowest BCUT2D eigenvalue weighted by atomic mass is 10.1. The molecule has 1 aromatic carbocycles. The molecule has 19 heavy (non-hydrogen) atoms. The third-order valence-corrected chi connectivity index (χ3v) is 6.53. The molecule has 0 atom stereocenters. The van der Waals surface area contributed by atoms with E-state index in [9.17, 15) is 4.79 Å². The number of halogens is 2. The number of Topliss-reactive ketones (excluding diaryl/α,β-unsaturated/α-hetero) is 1. The molecule has 1 aromatic heterocycles. The zero-order chi connectivity index (χ0) is 13.4. The van der Waals surface area contributed by atoms with Crippen molar-refractivity contribution < 1.29 is 4.79 Å². The van der Waals surface area contributed by atoms with Crippen LogP contribution in [-0.2, 0) is 0 Å². The molecule has 1 aliphatic heterocycles. The molecule has 2 N–H and O–H groups in total. The van der Waals surface area contributed by atoms with Crippen molar-refractivity contribution in [1.82, 2.24) is 0 Å². The molecule has 96 valence electrons. The number of amidine groups is 1. The van der Waals surface area contributed by atoms with Crippen LogP contribution >= 0.6 is 48.0 Å². The lowest BCUT2D eigenvalue weighted by Gasteiger charge is -1.98. The van der Waals surface area contributed by atoms with Crippen molar-refractivity contribution in [2.45, 2.75) is 0 Å². The minimum atomic E-state index is -0.577. The maximum Gasteiger partial charge on any atom is 0.195 e. The Morgan fingerprint density at radius 1 is 1.26 bits per heavy atom. The highest BCUT2D eigenvalue weighted by molar-refractivity contribution is 14.2. The van der Waals surface area contributed by atoms with Gasteiger partial charge in [-0.2, -0.15) is 0 Å². The second-order valence-electron chi connectivity index (χ2n) is 3.81. The number of ketones is 1. The fraction of sp³-hybridized carbons (Fsp3) is 0. The first-order chi connectivity index (χ1) is 9.16. The van der Waals surface area contributed by atoms with E-state index in [0.717, 1.165) is 14.9 Å². The van der Waals surface area contributed by atoms with Crippen LogP contribution in [0.2, 0.25) is 0 Å². The Bertz CT molecular complexity index is 722. The van der Waals surface area contributed by atoms with Crippen LogP contribution in [-0.4, -0.2) is 13.6 Å². The molecule has 0 saturated heterocycles. The third kappa shape index (κ3) is 2.44. The van der Waals surface area contributed by atoms with Gasteiger partial charge in [-0.15, -0.1) is 11.3 Å². The van der Waals surface area contributed by atoms with E-state index in [1.54, 1.807) is 4.01 Å². The number of nitrogens with zero attached hydrogens (tertiary/aromatic N) is 1. The lowest BCUT2D eigenvalue weighted by molar-refractivity contribution is 0.107. The fourth-order valence-electron chi connectivity index (χ4n) is 1.75. The van der Waals surface area contributed by atoms with Gasteiger partial charge in [0.15, 0.2) is 9.63 Å². The van der Waals surface area contributed by atoms with Gasteiger partial charge >= 0.3 is 0 Å². The number of benzene rings is 1. The molecule has 3 nitrogen and oxygen atoms in total. The van der Waals surface area contributed by atoms with E-state index in [2.05, 4.69) is 20.9 Å². The van der Waals surface area contributed by atoms with Crippen LogP contribution in [0, 0.1) is 0 Å². The summed E-state index contributed by atoms with van der Waals surface area (Å²) in [6, 6.07) is 9.96. The molecule has 2 heterocycles. The highest BCUT2D eigenvalue weighted by Crippen LogP contribution is 2.46. The number of rotatable bonds is 1.